The maximum atomic E-state index is 12.0. The fraction of sp³-hybridized carbons (Fsp3) is 0.556. The molecule has 0 radical (unpaired) electrons. The normalized spacial score (nSPS) is 16.4. The van der Waals surface area contributed by atoms with Crippen molar-refractivity contribution in [2.75, 3.05) is 13.0 Å². The minimum atomic E-state index is -1.44. The Morgan fingerprint density at radius 1 is 1.32 bits per heavy atom. The summed E-state index contributed by atoms with van der Waals surface area (Å²) in [5, 5.41) is 16.0. The summed E-state index contributed by atoms with van der Waals surface area (Å²) in [6.45, 7) is 5.41. The van der Waals surface area contributed by atoms with Gasteiger partial charge in [0.1, 0.15) is 0 Å². The van der Waals surface area contributed by atoms with Gasteiger partial charge in [0.05, 0.1) is 13.2 Å². The third-order valence-electron chi connectivity index (χ3n) is 4.18. The standard InChI is InChI=1S/C18H27ClN2O4/c1-17(2,3)18(12-22,21-16(24)25-4)20-14(15(23)11-19)10-13-8-6-5-7-9-13/h5-9,12,14-15,20,23H,10-11H2,1-4H3,(H,21,24)/t14-,15-,18+/m0/s1. The topological polar surface area (TPSA) is 87.7 Å². The van der Waals surface area contributed by atoms with Crippen molar-refractivity contribution in [3.05, 3.63) is 35.9 Å². The molecule has 0 heterocycles. The van der Waals surface area contributed by atoms with Gasteiger partial charge >= 0.3 is 6.09 Å². The fourth-order valence-corrected chi connectivity index (χ4v) is 2.66. The predicted octanol–water partition coefficient (Wildman–Crippen LogP) is 2.08. The van der Waals surface area contributed by atoms with Gasteiger partial charge in [-0.25, -0.2) is 4.79 Å². The number of benzene rings is 1. The highest BCUT2D eigenvalue weighted by molar-refractivity contribution is 6.18. The average molecular weight is 371 g/mol. The zero-order valence-corrected chi connectivity index (χ0v) is 15.8. The van der Waals surface area contributed by atoms with Gasteiger partial charge < -0.3 is 9.84 Å². The van der Waals surface area contributed by atoms with Crippen molar-refractivity contribution in [3.8, 4) is 0 Å². The molecule has 0 fully saturated rings. The van der Waals surface area contributed by atoms with Crippen LogP contribution in [0, 0.1) is 5.41 Å². The molecule has 0 aliphatic heterocycles. The van der Waals surface area contributed by atoms with Crippen LogP contribution in [0.4, 0.5) is 4.79 Å². The summed E-state index contributed by atoms with van der Waals surface area (Å²) < 4.78 is 4.65. The van der Waals surface area contributed by atoms with E-state index in [1.807, 2.05) is 30.3 Å². The lowest BCUT2D eigenvalue weighted by Gasteiger charge is -2.44. The summed E-state index contributed by atoms with van der Waals surface area (Å²) in [5.74, 6) is -0.0121. The van der Waals surface area contributed by atoms with Gasteiger partial charge in [0.25, 0.3) is 0 Å². The summed E-state index contributed by atoms with van der Waals surface area (Å²) in [6, 6.07) is 8.97. The molecule has 25 heavy (non-hydrogen) atoms. The van der Waals surface area contributed by atoms with E-state index in [1.165, 1.54) is 7.11 Å². The molecule has 0 aliphatic carbocycles. The van der Waals surface area contributed by atoms with Gasteiger partial charge in [-0.1, -0.05) is 51.1 Å². The molecule has 0 saturated heterocycles. The van der Waals surface area contributed by atoms with Crippen LogP contribution in [0.15, 0.2) is 30.3 Å². The van der Waals surface area contributed by atoms with E-state index in [0.717, 1.165) is 5.56 Å². The van der Waals surface area contributed by atoms with Crippen molar-refractivity contribution in [3.63, 3.8) is 0 Å². The maximum absolute atomic E-state index is 12.0. The van der Waals surface area contributed by atoms with Crippen LogP contribution in [-0.2, 0) is 16.0 Å². The molecule has 0 unspecified atom stereocenters. The fourth-order valence-electron chi connectivity index (χ4n) is 2.44. The molecule has 3 N–H and O–H groups in total. The zero-order chi connectivity index (χ0) is 19.1. The molecular formula is C18H27ClN2O4. The second kappa shape index (κ2) is 9.17. The van der Waals surface area contributed by atoms with Crippen LogP contribution in [0.1, 0.15) is 26.3 Å². The molecule has 0 aliphatic rings. The Hall–Kier alpha value is -1.63. The first-order chi connectivity index (χ1) is 11.7. The highest BCUT2D eigenvalue weighted by Gasteiger charge is 2.46. The molecule has 1 aromatic rings. The van der Waals surface area contributed by atoms with Crippen molar-refractivity contribution in [2.24, 2.45) is 5.41 Å². The van der Waals surface area contributed by atoms with E-state index in [2.05, 4.69) is 15.4 Å². The summed E-state index contributed by atoms with van der Waals surface area (Å²) in [5.41, 5.74) is -1.16. The molecule has 1 aromatic carbocycles. The number of hydrogen-bond acceptors (Lipinski definition) is 5. The van der Waals surface area contributed by atoms with Crippen LogP contribution < -0.4 is 10.6 Å². The van der Waals surface area contributed by atoms with Crippen molar-refractivity contribution < 1.29 is 19.4 Å². The van der Waals surface area contributed by atoms with Crippen LogP contribution in [0.5, 0.6) is 0 Å². The van der Waals surface area contributed by atoms with Gasteiger partial charge in [-0.15, -0.1) is 11.6 Å². The quantitative estimate of drug-likeness (QED) is 0.370. The number of nitrogens with one attached hydrogen (secondary N) is 2. The van der Waals surface area contributed by atoms with E-state index in [0.29, 0.717) is 12.7 Å². The number of carbonyl (C=O) groups is 2. The van der Waals surface area contributed by atoms with Gasteiger partial charge in [-0.2, -0.15) is 0 Å². The number of carbonyl (C=O) groups excluding carboxylic acids is 2. The summed E-state index contributed by atoms with van der Waals surface area (Å²) in [7, 11) is 1.22. The smallest absolute Gasteiger partial charge is 0.408 e. The monoisotopic (exact) mass is 370 g/mol. The largest absolute Gasteiger partial charge is 0.453 e. The lowest BCUT2D eigenvalue weighted by Crippen LogP contribution is -2.71. The molecule has 7 heteroatoms. The van der Waals surface area contributed by atoms with Crippen LogP contribution in [0.25, 0.3) is 0 Å². The molecule has 1 rings (SSSR count). The Kier molecular flexibility index (Phi) is 7.86. The third-order valence-corrected chi connectivity index (χ3v) is 4.49. The number of ether oxygens (including phenoxy) is 1. The Labute approximate surface area is 153 Å². The minimum Gasteiger partial charge on any atom is -0.453 e. The zero-order valence-electron chi connectivity index (χ0n) is 15.1. The number of aliphatic hydroxyl groups is 1. The molecule has 140 valence electrons. The number of aliphatic hydroxyl groups excluding tert-OH is 1. The van der Waals surface area contributed by atoms with Crippen molar-refractivity contribution in [1.29, 1.82) is 0 Å². The molecule has 0 saturated carbocycles. The second-order valence-corrected chi connectivity index (χ2v) is 7.26. The van der Waals surface area contributed by atoms with Crippen molar-refractivity contribution >= 4 is 24.0 Å². The molecule has 0 bridgehead atoms. The minimum absolute atomic E-state index is 0.0121. The number of alkyl halides is 1. The van der Waals surface area contributed by atoms with Gasteiger partial charge in [0, 0.05) is 17.3 Å². The molecule has 0 spiro atoms. The number of halogens is 1. The second-order valence-electron chi connectivity index (χ2n) is 6.95. The number of aldehydes is 1. The van der Waals surface area contributed by atoms with E-state index in [-0.39, 0.29) is 5.88 Å². The van der Waals surface area contributed by atoms with Gasteiger partial charge in [-0.3, -0.25) is 15.4 Å². The van der Waals surface area contributed by atoms with E-state index in [9.17, 15) is 14.7 Å². The first-order valence-electron chi connectivity index (χ1n) is 8.07. The molecule has 3 atom stereocenters. The first-order valence-corrected chi connectivity index (χ1v) is 8.60. The number of rotatable bonds is 8. The first kappa shape index (κ1) is 21.4. The van der Waals surface area contributed by atoms with E-state index >= 15 is 0 Å². The van der Waals surface area contributed by atoms with Crippen molar-refractivity contribution in [2.45, 2.75) is 45.0 Å². The van der Waals surface area contributed by atoms with E-state index in [1.54, 1.807) is 20.8 Å². The van der Waals surface area contributed by atoms with E-state index < -0.39 is 29.3 Å². The summed E-state index contributed by atoms with van der Waals surface area (Å²) >= 11 is 5.84. The number of hydrogen-bond donors (Lipinski definition) is 3. The highest BCUT2D eigenvalue weighted by Crippen LogP contribution is 2.28. The Balaban J connectivity index is 3.17. The molecular weight excluding hydrogens is 344 g/mol. The lowest BCUT2D eigenvalue weighted by molar-refractivity contribution is -0.120. The van der Waals surface area contributed by atoms with Crippen LogP contribution >= 0.6 is 11.6 Å². The van der Waals surface area contributed by atoms with E-state index in [4.69, 9.17) is 11.6 Å². The highest BCUT2D eigenvalue weighted by atomic mass is 35.5. The third kappa shape index (κ3) is 5.70. The molecule has 0 aromatic heterocycles. The summed E-state index contributed by atoms with van der Waals surface area (Å²) in [6.07, 6.45) is -0.595. The SMILES string of the molecule is COC(=O)N[C@@](C=O)(N[C@@H](Cc1ccccc1)[C@@H](O)CCl)C(C)(C)C. The number of amides is 1. The van der Waals surface area contributed by atoms with Crippen LogP contribution in [-0.4, -0.2) is 48.3 Å². The lowest BCUT2D eigenvalue weighted by atomic mass is 9.80. The Morgan fingerprint density at radius 2 is 1.92 bits per heavy atom. The van der Waals surface area contributed by atoms with Crippen molar-refractivity contribution in [1.82, 2.24) is 10.6 Å². The maximum Gasteiger partial charge on any atom is 0.408 e. The number of methoxy groups -OCH3 is 1. The van der Waals surface area contributed by atoms with Gasteiger partial charge in [-0.05, 0) is 12.0 Å². The van der Waals surface area contributed by atoms with Gasteiger partial charge in [0.2, 0.25) is 0 Å². The van der Waals surface area contributed by atoms with Crippen LogP contribution in [0.2, 0.25) is 0 Å². The summed E-state index contributed by atoms with van der Waals surface area (Å²) in [4.78, 5) is 23.8. The molecule has 1 amide bonds. The number of alkyl carbamates (subject to hydrolysis) is 1. The Morgan fingerprint density at radius 3 is 2.36 bits per heavy atom. The average Bonchev–Trinajstić information content (AvgIpc) is 2.59. The Bertz CT molecular complexity index is 562. The molecule has 6 nitrogen and oxygen atoms in total. The van der Waals surface area contributed by atoms with Gasteiger partial charge in [0.15, 0.2) is 11.9 Å². The van der Waals surface area contributed by atoms with Crippen LogP contribution in [0.3, 0.4) is 0 Å². The predicted molar refractivity (Wildman–Crippen MR) is 97.6 cm³/mol.